The molecule has 1 N–H and O–H groups in total. The number of aromatic nitrogens is 1. The molecular formula is C36H41ClN2O3. The fourth-order valence-corrected chi connectivity index (χ4v) is 7.33. The van der Waals surface area contributed by atoms with Crippen molar-refractivity contribution in [3.05, 3.63) is 99.3 Å². The number of carbonyl (C=O) groups is 1. The summed E-state index contributed by atoms with van der Waals surface area (Å²) in [5.41, 5.74) is 9.07. The third-order valence-corrected chi connectivity index (χ3v) is 9.72. The Kier molecular flexibility index (Phi) is 9.38. The van der Waals surface area contributed by atoms with Gasteiger partial charge in [-0.05, 0) is 116 Å². The molecule has 1 aliphatic heterocycles. The molecule has 6 heteroatoms. The van der Waals surface area contributed by atoms with Crippen molar-refractivity contribution >= 4 is 23.5 Å². The first-order valence-corrected chi connectivity index (χ1v) is 16.0. The first kappa shape index (κ1) is 29.1. The first-order valence-electron chi connectivity index (χ1n) is 15.6. The average molecular weight is 585 g/mol. The van der Waals surface area contributed by atoms with E-state index >= 15 is 0 Å². The molecule has 1 aromatic heterocycles. The molecule has 1 saturated heterocycles. The second-order valence-electron chi connectivity index (χ2n) is 12.2. The number of pyridine rings is 1. The van der Waals surface area contributed by atoms with Crippen LogP contribution in [-0.2, 0) is 17.6 Å². The molecule has 1 saturated carbocycles. The number of carbonyl (C=O) groups excluding carboxylic acids is 1. The van der Waals surface area contributed by atoms with Crippen molar-refractivity contribution in [2.24, 2.45) is 5.92 Å². The third-order valence-electron chi connectivity index (χ3n) is 9.48. The average Bonchev–Trinajstić information content (AvgIpc) is 3.18. The molecule has 2 aromatic carbocycles. The molecule has 0 radical (unpaired) electrons. The Morgan fingerprint density at radius 1 is 0.976 bits per heavy atom. The third kappa shape index (κ3) is 6.80. The molecule has 1 unspecified atom stereocenters. The fourth-order valence-electron chi connectivity index (χ4n) is 7.14. The zero-order valence-corrected chi connectivity index (χ0v) is 25.1. The van der Waals surface area contributed by atoms with Crippen molar-refractivity contribution < 1.29 is 14.6 Å². The van der Waals surface area contributed by atoms with Gasteiger partial charge in [-0.2, -0.15) is 0 Å². The van der Waals surface area contributed by atoms with Crippen molar-refractivity contribution in [2.75, 3.05) is 26.2 Å². The number of fused-ring (bicyclic) bond motifs is 2. The minimum atomic E-state index is -0.546. The highest BCUT2D eigenvalue weighted by molar-refractivity contribution is 6.30. The van der Waals surface area contributed by atoms with E-state index in [1.54, 1.807) is 0 Å². The summed E-state index contributed by atoms with van der Waals surface area (Å²) in [4.78, 5) is 18.0. The Balaban J connectivity index is 1.03. The number of hydrogen-bond acceptors (Lipinski definition) is 5. The van der Waals surface area contributed by atoms with E-state index in [1.807, 2.05) is 30.5 Å². The maximum Gasteiger partial charge on any atom is 0.120 e. The predicted molar refractivity (Wildman–Crippen MR) is 168 cm³/mol. The largest absolute Gasteiger partial charge is 0.491 e. The number of hydrogen-bond donors (Lipinski definition) is 1. The molecule has 42 heavy (non-hydrogen) atoms. The summed E-state index contributed by atoms with van der Waals surface area (Å²) in [5, 5.41) is 11.6. The van der Waals surface area contributed by atoms with Crippen molar-refractivity contribution in [2.45, 2.75) is 69.8 Å². The van der Waals surface area contributed by atoms with Gasteiger partial charge < -0.3 is 14.6 Å². The second kappa shape index (κ2) is 13.5. The van der Waals surface area contributed by atoms with E-state index in [-0.39, 0.29) is 6.61 Å². The number of benzene rings is 2. The van der Waals surface area contributed by atoms with Crippen LogP contribution in [0.25, 0.3) is 5.57 Å². The molecule has 3 aliphatic rings. The van der Waals surface area contributed by atoms with E-state index in [1.165, 1.54) is 33.4 Å². The van der Waals surface area contributed by atoms with Gasteiger partial charge in [-0.25, -0.2) is 0 Å². The summed E-state index contributed by atoms with van der Waals surface area (Å²) in [5.74, 6) is 1.93. The highest BCUT2D eigenvalue weighted by Gasteiger charge is 2.26. The number of aryl methyl sites for hydroxylation is 2. The van der Waals surface area contributed by atoms with Gasteiger partial charge in [0.1, 0.15) is 24.7 Å². The van der Waals surface area contributed by atoms with Gasteiger partial charge >= 0.3 is 0 Å². The van der Waals surface area contributed by atoms with Gasteiger partial charge in [0.25, 0.3) is 0 Å². The molecule has 2 fully saturated rings. The zero-order chi connectivity index (χ0) is 28.9. The predicted octanol–water partition coefficient (Wildman–Crippen LogP) is 7.03. The maximum atomic E-state index is 10.8. The summed E-state index contributed by atoms with van der Waals surface area (Å²) >= 11 is 6.38. The van der Waals surface area contributed by atoms with E-state index in [0.717, 1.165) is 87.2 Å². The number of nitrogens with zero attached hydrogens (tertiary/aromatic N) is 2. The normalized spacial score (nSPS) is 21.7. The van der Waals surface area contributed by atoms with Crippen LogP contribution in [0.15, 0.2) is 66.4 Å². The Morgan fingerprint density at radius 3 is 2.50 bits per heavy atom. The van der Waals surface area contributed by atoms with E-state index < -0.39 is 6.10 Å². The lowest BCUT2D eigenvalue weighted by atomic mass is 9.78. The molecule has 1 atom stereocenters. The van der Waals surface area contributed by atoms with E-state index in [0.29, 0.717) is 24.8 Å². The first-order chi connectivity index (χ1) is 20.6. The fraction of sp³-hybridized carbons (Fsp3) is 0.444. The smallest absolute Gasteiger partial charge is 0.120 e. The van der Waals surface area contributed by atoms with Crippen LogP contribution < -0.4 is 4.74 Å². The summed E-state index contributed by atoms with van der Waals surface area (Å²) in [7, 11) is 0. The van der Waals surface area contributed by atoms with Gasteiger partial charge in [-0.3, -0.25) is 9.88 Å². The number of ether oxygens (including phenoxy) is 1. The van der Waals surface area contributed by atoms with Crippen molar-refractivity contribution in [3.8, 4) is 5.75 Å². The van der Waals surface area contributed by atoms with Crippen LogP contribution in [-0.4, -0.2) is 53.6 Å². The van der Waals surface area contributed by atoms with Crippen molar-refractivity contribution in [3.63, 3.8) is 0 Å². The van der Waals surface area contributed by atoms with Crippen molar-refractivity contribution in [1.29, 1.82) is 0 Å². The van der Waals surface area contributed by atoms with Gasteiger partial charge in [0.15, 0.2) is 0 Å². The second-order valence-corrected chi connectivity index (χ2v) is 12.7. The summed E-state index contributed by atoms with van der Waals surface area (Å²) in [6.07, 6.45) is 11.5. The van der Waals surface area contributed by atoms with Gasteiger partial charge in [-0.1, -0.05) is 41.4 Å². The number of piperidine rings is 1. The molecule has 220 valence electrons. The van der Waals surface area contributed by atoms with Crippen LogP contribution in [0.5, 0.6) is 5.75 Å². The lowest BCUT2D eigenvalue weighted by Gasteiger charge is -2.31. The quantitative estimate of drug-likeness (QED) is 0.288. The number of aldehydes is 1. The molecule has 0 spiro atoms. The standard InChI is InChI=1S/C36H41ClN2O3/c37-31-11-14-34-30(22-31)8-7-29-2-1-18-38-36(29)35(34)28-15-19-39(20-16-28)23-32(41)24-42-33-12-9-27(10-13-33)26-5-3-25(4-6-26)17-21-40/h1-2,9-14,18,21-22,25-26,32,41H,3-8,15-17,19-20,23-24H2/t25-,26-,32?. The van der Waals surface area contributed by atoms with Crippen LogP contribution in [0.4, 0.5) is 0 Å². The number of aliphatic hydroxyl groups excluding tert-OH is 1. The minimum Gasteiger partial charge on any atom is -0.491 e. The SMILES string of the molecule is O=CC[C@H]1CC[C@H](c2ccc(OCC(O)CN3CCC(=C4c5ccc(Cl)cc5CCc5cccnc54)CC3)cc2)CC1. The van der Waals surface area contributed by atoms with E-state index in [4.69, 9.17) is 21.3 Å². The molecule has 0 bridgehead atoms. The molecule has 2 aliphatic carbocycles. The monoisotopic (exact) mass is 584 g/mol. The topological polar surface area (TPSA) is 62.7 Å². The number of rotatable bonds is 8. The Bertz CT molecular complexity index is 1400. The highest BCUT2D eigenvalue weighted by atomic mass is 35.5. The van der Waals surface area contributed by atoms with E-state index in [9.17, 15) is 9.90 Å². The Morgan fingerprint density at radius 2 is 1.74 bits per heavy atom. The maximum absolute atomic E-state index is 10.8. The van der Waals surface area contributed by atoms with Crippen LogP contribution >= 0.6 is 11.6 Å². The highest BCUT2D eigenvalue weighted by Crippen LogP contribution is 2.39. The number of aliphatic hydroxyl groups is 1. The van der Waals surface area contributed by atoms with Gasteiger partial charge in [0, 0.05) is 42.8 Å². The number of β-amino-alcohol motifs (C(OH)–C–C–N with tert-alkyl or cyclic N) is 1. The van der Waals surface area contributed by atoms with Gasteiger partial charge in [0.2, 0.25) is 0 Å². The van der Waals surface area contributed by atoms with Crippen LogP contribution in [0.2, 0.25) is 5.02 Å². The van der Waals surface area contributed by atoms with Crippen LogP contribution in [0, 0.1) is 5.92 Å². The lowest BCUT2D eigenvalue weighted by molar-refractivity contribution is -0.108. The van der Waals surface area contributed by atoms with E-state index in [2.05, 4.69) is 35.2 Å². The molecule has 3 aromatic rings. The number of likely N-dealkylation sites (tertiary alicyclic amines) is 1. The Labute approximate surface area is 254 Å². The van der Waals surface area contributed by atoms with Crippen LogP contribution in [0.3, 0.4) is 0 Å². The molecule has 2 heterocycles. The minimum absolute atomic E-state index is 0.284. The summed E-state index contributed by atoms with van der Waals surface area (Å²) in [6.45, 7) is 2.70. The van der Waals surface area contributed by atoms with Gasteiger partial charge in [0.05, 0.1) is 5.69 Å². The zero-order valence-electron chi connectivity index (χ0n) is 24.3. The molecule has 0 amide bonds. The Hall–Kier alpha value is -2.99. The van der Waals surface area contributed by atoms with Gasteiger partial charge in [-0.15, -0.1) is 0 Å². The molecule has 5 nitrogen and oxygen atoms in total. The summed E-state index contributed by atoms with van der Waals surface area (Å²) in [6, 6.07) is 18.9. The summed E-state index contributed by atoms with van der Waals surface area (Å²) < 4.78 is 5.97. The lowest BCUT2D eigenvalue weighted by Crippen LogP contribution is -2.39. The van der Waals surface area contributed by atoms with Crippen LogP contribution in [0.1, 0.15) is 78.8 Å². The molecular weight excluding hydrogens is 544 g/mol. The molecule has 6 rings (SSSR count). The van der Waals surface area contributed by atoms with Crippen molar-refractivity contribution in [1.82, 2.24) is 9.88 Å². The number of halogens is 1.